The van der Waals surface area contributed by atoms with E-state index in [0.29, 0.717) is 5.92 Å². The SMILES string of the molecule is CC(C=S)c1ccc(Cl)cc1. The predicted octanol–water partition coefficient (Wildman–Crippen LogP) is 3.44. The lowest BCUT2D eigenvalue weighted by Gasteiger charge is -2.03. The van der Waals surface area contributed by atoms with Crippen LogP contribution in [0.2, 0.25) is 5.02 Å². The van der Waals surface area contributed by atoms with Gasteiger partial charge in [0, 0.05) is 10.9 Å². The van der Waals surface area contributed by atoms with Crippen molar-refractivity contribution in [3.05, 3.63) is 34.9 Å². The summed E-state index contributed by atoms with van der Waals surface area (Å²) in [6.07, 6.45) is 0. The Morgan fingerprint density at radius 2 is 1.91 bits per heavy atom. The van der Waals surface area contributed by atoms with Gasteiger partial charge in [-0.1, -0.05) is 42.9 Å². The van der Waals surface area contributed by atoms with Crippen LogP contribution in [0.15, 0.2) is 24.3 Å². The lowest BCUT2D eigenvalue weighted by Crippen LogP contribution is -1.91. The number of halogens is 1. The molecule has 1 rings (SSSR count). The minimum atomic E-state index is 0.335. The van der Waals surface area contributed by atoms with Crippen molar-refractivity contribution in [3.8, 4) is 0 Å². The molecule has 0 saturated carbocycles. The van der Waals surface area contributed by atoms with Crippen molar-refractivity contribution in [2.45, 2.75) is 12.8 Å². The minimum Gasteiger partial charge on any atom is -0.0928 e. The van der Waals surface area contributed by atoms with Crippen molar-refractivity contribution in [1.29, 1.82) is 0 Å². The van der Waals surface area contributed by atoms with Crippen LogP contribution < -0.4 is 0 Å². The van der Waals surface area contributed by atoms with Crippen LogP contribution in [0.25, 0.3) is 0 Å². The second kappa shape index (κ2) is 3.84. The molecule has 0 aliphatic rings. The molecule has 0 aliphatic heterocycles. The molecule has 0 aliphatic carbocycles. The smallest absolute Gasteiger partial charge is 0.0406 e. The molecule has 1 aromatic rings. The maximum Gasteiger partial charge on any atom is 0.0406 e. The standard InChI is InChI=1S/C9H9ClS/c1-7(6-11)8-2-4-9(10)5-3-8/h2-7H,1H3. The van der Waals surface area contributed by atoms with Crippen LogP contribution in [0.3, 0.4) is 0 Å². The second-order valence-electron chi connectivity index (χ2n) is 2.48. The first-order chi connectivity index (χ1) is 5.24. The molecule has 0 aromatic heterocycles. The molecule has 0 amide bonds. The maximum absolute atomic E-state index is 5.72. The molecule has 0 bridgehead atoms. The van der Waals surface area contributed by atoms with Gasteiger partial charge < -0.3 is 0 Å². The summed E-state index contributed by atoms with van der Waals surface area (Å²) in [4.78, 5) is 0. The summed E-state index contributed by atoms with van der Waals surface area (Å²) < 4.78 is 0. The van der Waals surface area contributed by atoms with Gasteiger partial charge in [0.2, 0.25) is 0 Å². The zero-order valence-corrected chi connectivity index (χ0v) is 7.82. The van der Waals surface area contributed by atoms with Crippen molar-refractivity contribution in [1.82, 2.24) is 0 Å². The third kappa shape index (κ3) is 2.28. The molecule has 0 radical (unpaired) electrons. The number of hydrogen-bond acceptors (Lipinski definition) is 1. The van der Waals surface area contributed by atoms with Crippen LogP contribution in [0.4, 0.5) is 0 Å². The first kappa shape index (κ1) is 8.69. The normalized spacial score (nSPS) is 12.5. The van der Waals surface area contributed by atoms with Crippen LogP contribution in [-0.2, 0) is 0 Å². The quantitative estimate of drug-likeness (QED) is 0.635. The summed E-state index contributed by atoms with van der Waals surface area (Å²) in [5.41, 5.74) is 1.21. The summed E-state index contributed by atoms with van der Waals surface area (Å²) >= 11 is 10.6. The zero-order chi connectivity index (χ0) is 8.27. The molecule has 11 heavy (non-hydrogen) atoms. The second-order valence-corrected chi connectivity index (χ2v) is 3.18. The van der Waals surface area contributed by atoms with Crippen LogP contribution >= 0.6 is 23.8 Å². The molecule has 1 atom stereocenters. The largest absolute Gasteiger partial charge is 0.0928 e. The monoisotopic (exact) mass is 184 g/mol. The molecule has 58 valence electrons. The minimum absolute atomic E-state index is 0.335. The average molecular weight is 185 g/mol. The van der Waals surface area contributed by atoms with Gasteiger partial charge in [-0.25, -0.2) is 0 Å². The van der Waals surface area contributed by atoms with Crippen LogP contribution in [0.1, 0.15) is 18.4 Å². The molecule has 0 spiro atoms. The average Bonchev–Trinajstić information content (AvgIpc) is 2.05. The van der Waals surface area contributed by atoms with Gasteiger partial charge in [0.05, 0.1) is 0 Å². The molecular formula is C9H9ClS. The van der Waals surface area contributed by atoms with Gasteiger partial charge in [-0.2, -0.15) is 0 Å². The predicted molar refractivity (Wildman–Crippen MR) is 53.5 cm³/mol. The zero-order valence-electron chi connectivity index (χ0n) is 6.25. The van der Waals surface area contributed by atoms with Gasteiger partial charge in [-0.3, -0.25) is 0 Å². The summed E-state index contributed by atoms with van der Waals surface area (Å²) in [5, 5.41) is 2.52. The van der Waals surface area contributed by atoms with Crippen molar-refractivity contribution in [3.63, 3.8) is 0 Å². The Morgan fingerprint density at radius 3 is 2.36 bits per heavy atom. The van der Waals surface area contributed by atoms with E-state index in [1.165, 1.54) is 5.56 Å². The first-order valence-corrected chi connectivity index (χ1v) is 4.29. The van der Waals surface area contributed by atoms with E-state index < -0.39 is 0 Å². The van der Waals surface area contributed by atoms with E-state index in [4.69, 9.17) is 23.8 Å². The lowest BCUT2D eigenvalue weighted by molar-refractivity contribution is 1.06. The van der Waals surface area contributed by atoms with Gasteiger partial charge in [-0.05, 0) is 23.1 Å². The lowest BCUT2D eigenvalue weighted by atomic mass is 10.0. The summed E-state index contributed by atoms with van der Waals surface area (Å²) in [7, 11) is 0. The van der Waals surface area contributed by atoms with Crippen LogP contribution in [-0.4, -0.2) is 5.37 Å². The third-order valence-corrected chi connectivity index (χ3v) is 2.26. The highest BCUT2D eigenvalue weighted by molar-refractivity contribution is 7.79. The summed E-state index contributed by atoms with van der Waals surface area (Å²) in [6.45, 7) is 2.07. The maximum atomic E-state index is 5.72. The Hall–Kier alpha value is -0.400. The highest BCUT2D eigenvalue weighted by Gasteiger charge is 1.99. The molecule has 0 N–H and O–H groups in total. The van der Waals surface area contributed by atoms with E-state index in [1.807, 2.05) is 24.3 Å². The first-order valence-electron chi connectivity index (χ1n) is 3.45. The number of benzene rings is 1. The molecule has 0 heterocycles. The van der Waals surface area contributed by atoms with Gasteiger partial charge in [0.25, 0.3) is 0 Å². The van der Waals surface area contributed by atoms with Crippen LogP contribution in [0, 0.1) is 0 Å². The van der Waals surface area contributed by atoms with Gasteiger partial charge in [-0.15, -0.1) is 0 Å². The Bertz CT molecular complexity index is 240. The Labute approximate surface area is 77.2 Å². The highest BCUT2D eigenvalue weighted by Crippen LogP contribution is 2.16. The van der Waals surface area contributed by atoms with Gasteiger partial charge in [0.1, 0.15) is 0 Å². The molecular weight excluding hydrogens is 176 g/mol. The molecule has 1 unspecified atom stereocenters. The number of hydrogen-bond donors (Lipinski definition) is 0. The van der Waals surface area contributed by atoms with E-state index in [2.05, 4.69) is 6.92 Å². The van der Waals surface area contributed by atoms with E-state index in [-0.39, 0.29) is 0 Å². The van der Waals surface area contributed by atoms with Crippen LogP contribution in [0.5, 0.6) is 0 Å². The molecule has 0 fully saturated rings. The summed E-state index contributed by atoms with van der Waals surface area (Å²) in [5.74, 6) is 0.335. The topological polar surface area (TPSA) is 0 Å². The fourth-order valence-corrected chi connectivity index (χ4v) is 1.13. The van der Waals surface area contributed by atoms with E-state index >= 15 is 0 Å². The van der Waals surface area contributed by atoms with Crippen molar-refractivity contribution < 1.29 is 0 Å². The third-order valence-electron chi connectivity index (χ3n) is 1.60. The molecule has 0 nitrogen and oxygen atoms in total. The Balaban J connectivity index is 2.89. The van der Waals surface area contributed by atoms with Crippen molar-refractivity contribution in [2.24, 2.45) is 0 Å². The number of thiocarbonyl (C=S) groups is 1. The fraction of sp³-hybridized carbons (Fsp3) is 0.222. The van der Waals surface area contributed by atoms with Gasteiger partial charge >= 0.3 is 0 Å². The highest BCUT2D eigenvalue weighted by atomic mass is 35.5. The van der Waals surface area contributed by atoms with E-state index in [9.17, 15) is 0 Å². The molecule has 1 aromatic carbocycles. The van der Waals surface area contributed by atoms with Gasteiger partial charge in [0.15, 0.2) is 0 Å². The van der Waals surface area contributed by atoms with E-state index in [0.717, 1.165) is 5.02 Å². The van der Waals surface area contributed by atoms with E-state index in [1.54, 1.807) is 5.37 Å². The van der Waals surface area contributed by atoms with Crippen molar-refractivity contribution in [2.75, 3.05) is 0 Å². The number of rotatable bonds is 2. The molecule has 2 heteroatoms. The van der Waals surface area contributed by atoms with Crippen molar-refractivity contribution >= 4 is 29.2 Å². The molecule has 0 saturated heterocycles. The fourth-order valence-electron chi connectivity index (χ4n) is 0.845. The Kier molecular flexibility index (Phi) is 3.03. The summed E-state index contributed by atoms with van der Waals surface area (Å²) in [6, 6.07) is 7.75. The Morgan fingerprint density at radius 1 is 1.36 bits per heavy atom.